The van der Waals surface area contributed by atoms with Gasteiger partial charge in [-0.1, -0.05) is 17.7 Å². The summed E-state index contributed by atoms with van der Waals surface area (Å²) in [5.74, 6) is -0.841. The summed E-state index contributed by atoms with van der Waals surface area (Å²) in [6.45, 7) is 9.15. The molecule has 0 radical (unpaired) electrons. The van der Waals surface area contributed by atoms with Gasteiger partial charge in [0.15, 0.2) is 0 Å². The number of benzene rings is 1. The number of hydrogen-bond donors (Lipinski definition) is 3. The number of nitrogens with one attached hydrogen (secondary N) is 2. The SMILES string of the molecule is CCOc1ccc(C)cc1C(C)NC(=O)C(=O)NC(C)(C)CO. The predicted octanol–water partition coefficient (Wildman–Crippen LogP) is 1.46. The lowest BCUT2D eigenvalue weighted by Crippen LogP contribution is -2.51. The highest BCUT2D eigenvalue weighted by molar-refractivity contribution is 6.35. The third-order valence-electron chi connectivity index (χ3n) is 3.33. The van der Waals surface area contributed by atoms with Gasteiger partial charge in [-0.3, -0.25) is 9.59 Å². The minimum absolute atomic E-state index is 0.256. The number of hydrogen-bond acceptors (Lipinski definition) is 4. The van der Waals surface area contributed by atoms with Crippen LogP contribution in [-0.2, 0) is 9.59 Å². The molecule has 23 heavy (non-hydrogen) atoms. The van der Waals surface area contributed by atoms with Gasteiger partial charge in [-0.2, -0.15) is 0 Å². The summed E-state index contributed by atoms with van der Waals surface area (Å²) < 4.78 is 5.57. The van der Waals surface area contributed by atoms with Gasteiger partial charge in [0, 0.05) is 5.56 Å². The summed E-state index contributed by atoms with van der Waals surface area (Å²) in [5, 5.41) is 14.3. The van der Waals surface area contributed by atoms with Crippen LogP contribution in [0.25, 0.3) is 0 Å². The molecule has 0 fully saturated rings. The monoisotopic (exact) mass is 322 g/mol. The lowest BCUT2D eigenvalue weighted by Gasteiger charge is -2.24. The average Bonchev–Trinajstić information content (AvgIpc) is 2.48. The summed E-state index contributed by atoms with van der Waals surface area (Å²) >= 11 is 0. The van der Waals surface area contributed by atoms with Crippen LogP contribution in [-0.4, -0.2) is 35.7 Å². The summed E-state index contributed by atoms with van der Waals surface area (Å²) in [6, 6.07) is 5.32. The van der Waals surface area contributed by atoms with Gasteiger partial charge in [-0.05, 0) is 40.7 Å². The molecule has 0 saturated carbocycles. The van der Waals surface area contributed by atoms with Crippen LogP contribution >= 0.6 is 0 Å². The maximum Gasteiger partial charge on any atom is 0.309 e. The van der Waals surface area contributed by atoms with Crippen molar-refractivity contribution in [1.29, 1.82) is 0 Å². The molecule has 0 heterocycles. The zero-order valence-electron chi connectivity index (χ0n) is 14.4. The molecule has 1 aromatic carbocycles. The van der Waals surface area contributed by atoms with E-state index in [0.29, 0.717) is 12.4 Å². The minimum atomic E-state index is -0.850. The maximum absolute atomic E-state index is 12.0. The van der Waals surface area contributed by atoms with E-state index in [1.54, 1.807) is 20.8 Å². The van der Waals surface area contributed by atoms with Gasteiger partial charge in [0.05, 0.1) is 24.8 Å². The van der Waals surface area contributed by atoms with Crippen molar-refractivity contribution < 1.29 is 19.4 Å². The van der Waals surface area contributed by atoms with Crippen molar-refractivity contribution in [3.63, 3.8) is 0 Å². The summed E-state index contributed by atoms with van der Waals surface area (Å²) in [7, 11) is 0. The number of rotatable bonds is 6. The van der Waals surface area contributed by atoms with Crippen LogP contribution in [0.2, 0.25) is 0 Å². The van der Waals surface area contributed by atoms with Gasteiger partial charge in [0.2, 0.25) is 0 Å². The summed E-state index contributed by atoms with van der Waals surface area (Å²) in [6.07, 6.45) is 0. The molecule has 3 N–H and O–H groups in total. The fourth-order valence-corrected chi connectivity index (χ4v) is 2.04. The van der Waals surface area contributed by atoms with Crippen LogP contribution in [0.4, 0.5) is 0 Å². The van der Waals surface area contributed by atoms with E-state index in [2.05, 4.69) is 10.6 Å². The Morgan fingerprint density at radius 1 is 1.30 bits per heavy atom. The molecule has 0 saturated heterocycles. The second-order valence-corrected chi connectivity index (χ2v) is 6.17. The highest BCUT2D eigenvalue weighted by Gasteiger charge is 2.25. The Morgan fingerprint density at radius 3 is 2.52 bits per heavy atom. The minimum Gasteiger partial charge on any atom is -0.494 e. The van der Waals surface area contributed by atoms with Crippen LogP contribution in [0.3, 0.4) is 0 Å². The van der Waals surface area contributed by atoms with Gasteiger partial charge in [0.1, 0.15) is 5.75 Å². The van der Waals surface area contributed by atoms with Crippen molar-refractivity contribution in [1.82, 2.24) is 10.6 Å². The third kappa shape index (κ3) is 5.56. The normalized spacial score (nSPS) is 12.4. The van der Waals surface area contributed by atoms with E-state index in [4.69, 9.17) is 9.84 Å². The molecule has 1 atom stereocenters. The molecular formula is C17H26N2O4. The molecule has 6 heteroatoms. The van der Waals surface area contributed by atoms with Crippen LogP contribution < -0.4 is 15.4 Å². The lowest BCUT2D eigenvalue weighted by atomic mass is 10.0. The number of ether oxygens (including phenoxy) is 1. The molecule has 0 aromatic heterocycles. The molecule has 6 nitrogen and oxygen atoms in total. The first kappa shape index (κ1) is 19.0. The van der Waals surface area contributed by atoms with Crippen molar-refractivity contribution in [2.45, 2.75) is 46.2 Å². The maximum atomic E-state index is 12.0. The van der Waals surface area contributed by atoms with E-state index >= 15 is 0 Å². The molecule has 0 spiro atoms. The van der Waals surface area contributed by atoms with Crippen molar-refractivity contribution in [2.24, 2.45) is 0 Å². The number of aliphatic hydroxyl groups excluding tert-OH is 1. The van der Waals surface area contributed by atoms with Crippen LogP contribution in [0, 0.1) is 6.92 Å². The molecule has 0 aliphatic rings. The van der Waals surface area contributed by atoms with Gasteiger partial charge in [0.25, 0.3) is 0 Å². The molecule has 0 aliphatic heterocycles. The first-order valence-electron chi connectivity index (χ1n) is 7.67. The van der Waals surface area contributed by atoms with Crippen LogP contribution in [0.1, 0.15) is 44.9 Å². The Bertz CT molecular complexity index is 570. The predicted molar refractivity (Wildman–Crippen MR) is 88.2 cm³/mol. The zero-order valence-corrected chi connectivity index (χ0v) is 14.4. The van der Waals surface area contributed by atoms with Gasteiger partial charge in [-0.25, -0.2) is 0 Å². The van der Waals surface area contributed by atoms with Crippen molar-refractivity contribution in [3.8, 4) is 5.75 Å². The van der Waals surface area contributed by atoms with E-state index < -0.39 is 17.4 Å². The van der Waals surface area contributed by atoms with E-state index in [9.17, 15) is 9.59 Å². The molecule has 0 aliphatic carbocycles. The smallest absolute Gasteiger partial charge is 0.309 e. The highest BCUT2D eigenvalue weighted by Crippen LogP contribution is 2.26. The van der Waals surface area contributed by atoms with Gasteiger partial charge >= 0.3 is 11.8 Å². The number of amides is 2. The second-order valence-electron chi connectivity index (χ2n) is 6.17. The van der Waals surface area contributed by atoms with E-state index in [0.717, 1.165) is 11.1 Å². The van der Waals surface area contributed by atoms with Crippen molar-refractivity contribution >= 4 is 11.8 Å². The number of carbonyl (C=O) groups excluding carboxylic acids is 2. The van der Waals surface area contributed by atoms with Crippen LogP contribution in [0.15, 0.2) is 18.2 Å². The molecule has 1 aromatic rings. The standard InChI is InChI=1S/C17H26N2O4/c1-6-23-14-8-7-11(2)9-13(14)12(3)18-15(21)16(22)19-17(4,5)10-20/h7-9,12,20H,6,10H2,1-5H3,(H,18,21)(H,19,22). The van der Waals surface area contributed by atoms with Gasteiger partial charge in [-0.15, -0.1) is 0 Å². The van der Waals surface area contributed by atoms with Crippen LogP contribution in [0.5, 0.6) is 5.75 Å². The van der Waals surface area contributed by atoms with Crippen molar-refractivity contribution in [2.75, 3.05) is 13.2 Å². The second kappa shape index (κ2) is 7.97. The average molecular weight is 322 g/mol. The highest BCUT2D eigenvalue weighted by atomic mass is 16.5. The summed E-state index contributed by atoms with van der Waals surface area (Å²) in [4.78, 5) is 23.9. The van der Waals surface area contributed by atoms with E-state index in [-0.39, 0.29) is 12.6 Å². The Morgan fingerprint density at radius 2 is 1.96 bits per heavy atom. The Balaban J connectivity index is 2.83. The largest absolute Gasteiger partial charge is 0.494 e. The Labute approximate surface area is 137 Å². The molecule has 0 bridgehead atoms. The van der Waals surface area contributed by atoms with E-state index in [1.807, 2.05) is 32.0 Å². The summed E-state index contributed by atoms with van der Waals surface area (Å²) in [5.41, 5.74) is 1.00. The number of carbonyl (C=O) groups is 2. The van der Waals surface area contributed by atoms with Crippen molar-refractivity contribution in [3.05, 3.63) is 29.3 Å². The first-order chi connectivity index (χ1) is 10.7. The molecule has 128 valence electrons. The fraction of sp³-hybridized carbons (Fsp3) is 0.529. The number of aryl methyl sites for hydroxylation is 1. The van der Waals surface area contributed by atoms with Gasteiger partial charge < -0.3 is 20.5 Å². The molecule has 1 rings (SSSR count). The molecular weight excluding hydrogens is 296 g/mol. The van der Waals surface area contributed by atoms with E-state index in [1.165, 1.54) is 0 Å². The molecule has 2 amide bonds. The zero-order chi connectivity index (χ0) is 17.6. The topological polar surface area (TPSA) is 87.7 Å². The number of aliphatic hydroxyl groups is 1. The third-order valence-corrected chi connectivity index (χ3v) is 3.33. The first-order valence-corrected chi connectivity index (χ1v) is 7.67. The fourth-order valence-electron chi connectivity index (χ4n) is 2.04. The lowest BCUT2D eigenvalue weighted by molar-refractivity contribution is -0.140. The molecule has 1 unspecified atom stereocenters. The quantitative estimate of drug-likeness (QED) is 0.692. The Kier molecular flexibility index (Phi) is 6.57. The Hall–Kier alpha value is -2.08.